The van der Waals surface area contributed by atoms with E-state index in [-0.39, 0.29) is 31.2 Å². The number of hydrogen-bond donors (Lipinski definition) is 3. The van der Waals surface area contributed by atoms with Crippen molar-refractivity contribution in [1.82, 2.24) is 19.9 Å². The molecule has 0 unspecified atom stereocenters. The fourth-order valence-corrected chi connectivity index (χ4v) is 5.32. The fraction of sp³-hybridized carbons (Fsp3) is 0.371. The number of methoxy groups -OCH3 is 1. The van der Waals surface area contributed by atoms with Gasteiger partial charge < -0.3 is 39.1 Å². The van der Waals surface area contributed by atoms with Gasteiger partial charge in [0.15, 0.2) is 5.82 Å². The molecule has 0 bridgehead atoms. The van der Waals surface area contributed by atoms with Crippen LogP contribution >= 0.6 is 0 Å². The summed E-state index contributed by atoms with van der Waals surface area (Å²) >= 11 is 0. The maximum atomic E-state index is 14.0. The molecule has 1 aliphatic heterocycles. The van der Waals surface area contributed by atoms with Crippen molar-refractivity contribution >= 4 is 11.9 Å². The van der Waals surface area contributed by atoms with Crippen LogP contribution in [-0.2, 0) is 16.1 Å². The van der Waals surface area contributed by atoms with Crippen molar-refractivity contribution in [2.45, 2.75) is 51.1 Å². The molecule has 2 atom stereocenters. The van der Waals surface area contributed by atoms with E-state index in [0.717, 1.165) is 42.8 Å². The lowest BCUT2D eigenvalue weighted by Gasteiger charge is -2.37. The zero-order valence-electron chi connectivity index (χ0n) is 27.5. The van der Waals surface area contributed by atoms with E-state index in [4.69, 9.17) is 23.9 Å². The smallest absolute Gasteiger partial charge is 0.490 e. The summed E-state index contributed by atoms with van der Waals surface area (Å²) in [6.45, 7) is 4.59. The number of aliphatic hydroxyl groups is 1. The van der Waals surface area contributed by atoms with E-state index < -0.39 is 24.3 Å². The Labute approximate surface area is 286 Å². The highest BCUT2D eigenvalue weighted by atomic mass is 19.4. The van der Waals surface area contributed by atoms with E-state index in [1.165, 1.54) is 0 Å². The molecule has 1 amide bonds. The first kappa shape index (κ1) is 37.7. The molecule has 50 heavy (non-hydrogen) atoms. The number of phenolic OH excluding ortho intramolecular Hbond substituents is 1. The summed E-state index contributed by atoms with van der Waals surface area (Å²) in [6, 6.07) is 20.9. The number of carboxylic acid groups (broad SMARTS) is 1. The highest BCUT2D eigenvalue weighted by Gasteiger charge is 2.38. The number of phenols is 1. The molecule has 0 aliphatic carbocycles. The van der Waals surface area contributed by atoms with E-state index >= 15 is 0 Å². The van der Waals surface area contributed by atoms with E-state index in [1.54, 1.807) is 55.3 Å². The van der Waals surface area contributed by atoms with Crippen molar-refractivity contribution in [3.8, 4) is 28.7 Å². The van der Waals surface area contributed by atoms with Gasteiger partial charge in [-0.2, -0.15) is 18.2 Å². The van der Waals surface area contributed by atoms with Crippen LogP contribution in [0.1, 0.15) is 42.3 Å². The number of benzene rings is 3. The number of ether oxygens (including phenoxy) is 2. The number of carbonyl (C=O) groups excluding carboxylic acids is 1. The molecule has 4 aromatic rings. The van der Waals surface area contributed by atoms with Gasteiger partial charge in [-0.25, -0.2) is 4.79 Å². The second kappa shape index (κ2) is 17.5. The third-order valence-electron chi connectivity index (χ3n) is 7.93. The van der Waals surface area contributed by atoms with Crippen molar-refractivity contribution in [1.29, 1.82) is 0 Å². The number of carbonyl (C=O) groups is 2. The number of carboxylic acids is 1. The first-order chi connectivity index (χ1) is 23.8. The Morgan fingerprint density at radius 2 is 1.58 bits per heavy atom. The minimum absolute atomic E-state index is 0.118. The number of aryl methyl sites for hydroxylation is 1. The van der Waals surface area contributed by atoms with Gasteiger partial charge in [0, 0.05) is 18.7 Å². The van der Waals surface area contributed by atoms with Gasteiger partial charge >= 0.3 is 12.1 Å². The minimum atomic E-state index is -5.08. The largest absolute Gasteiger partial charge is 0.508 e. The van der Waals surface area contributed by atoms with Crippen LogP contribution in [0.4, 0.5) is 13.2 Å². The van der Waals surface area contributed by atoms with Gasteiger partial charge in [0.25, 0.3) is 5.89 Å². The Kier molecular flexibility index (Phi) is 13.2. The lowest BCUT2D eigenvalue weighted by molar-refractivity contribution is -0.192. The van der Waals surface area contributed by atoms with Gasteiger partial charge in [-0.05, 0) is 92.5 Å². The molecule has 0 saturated carbocycles. The second-order valence-electron chi connectivity index (χ2n) is 11.6. The van der Waals surface area contributed by atoms with E-state index in [9.17, 15) is 28.2 Å². The zero-order chi connectivity index (χ0) is 36.3. The number of likely N-dealkylation sites (tertiary alicyclic amines) is 1. The predicted octanol–water partition coefficient (Wildman–Crippen LogP) is 5.39. The van der Waals surface area contributed by atoms with E-state index in [2.05, 4.69) is 15.0 Å². The summed E-state index contributed by atoms with van der Waals surface area (Å²) in [5.41, 5.74) is 2.32. The first-order valence-corrected chi connectivity index (χ1v) is 15.8. The minimum Gasteiger partial charge on any atom is -0.508 e. The predicted molar refractivity (Wildman–Crippen MR) is 174 cm³/mol. The number of alkyl halides is 3. The summed E-state index contributed by atoms with van der Waals surface area (Å²) in [5, 5.41) is 32.5. The SMILES string of the molecule is COc1ccc(OCCC(=O)N(Cc2ccc(-c3nc(C)no3)cc2)[C@H](CN2CCCC2)[C@H](O)c2ccc(O)cc2)cc1.O=C(O)C(F)(F)F. The number of aromatic hydroxyl groups is 1. The lowest BCUT2D eigenvalue weighted by Crippen LogP contribution is -2.49. The molecule has 1 saturated heterocycles. The standard InChI is InChI=1S/C33H38N4O6.C2HF3O2/c1-23-34-33(43-35-23)26-7-5-24(6-8-26)21-37(31(39)17-20-42-29-15-13-28(41-2)14-16-29)30(22-36-18-3-4-19-36)32(40)25-9-11-27(38)12-10-25;3-2(4,5)1(6)7/h5-16,30,32,38,40H,3-4,17-22H2,1-2H3;(H,6,7)/t30-,32-;/m1./s1. The normalized spacial score (nSPS) is 14.3. The third kappa shape index (κ3) is 10.9. The summed E-state index contributed by atoms with van der Waals surface area (Å²) in [4.78, 5) is 31.2. The topological polar surface area (TPSA) is 159 Å². The first-order valence-electron chi connectivity index (χ1n) is 15.8. The molecule has 268 valence electrons. The van der Waals surface area contributed by atoms with Crippen molar-refractivity contribution < 1.29 is 52.1 Å². The summed E-state index contributed by atoms with van der Waals surface area (Å²) in [6.07, 6.45) is -3.75. The van der Waals surface area contributed by atoms with Crippen molar-refractivity contribution in [2.75, 3.05) is 33.4 Å². The Bertz CT molecular complexity index is 1660. The average molecular weight is 701 g/mol. The number of halogens is 3. The fourth-order valence-electron chi connectivity index (χ4n) is 5.32. The van der Waals surface area contributed by atoms with Crippen LogP contribution in [-0.4, -0.2) is 92.7 Å². The van der Waals surface area contributed by atoms with Crippen LogP contribution in [0, 0.1) is 6.92 Å². The quantitative estimate of drug-likeness (QED) is 0.164. The average Bonchev–Trinajstić information content (AvgIpc) is 3.78. The van der Waals surface area contributed by atoms with Gasteiger partial charge in [0.05, 0.1) is 26.2 Å². The molecule has 12 nitrogen and oxygen atoms in total. The van der Waals surface area contributed by atoms with Gasteiger partial charge in [0.1, 0.15) is 23.4 Å². The molecule has 2 heterocycles. The van der Waals surface area contributed by atoms with Gasteiger partial charge in [-0.3, -0.25) is 4.79 Å². The van der Waals surface area contributed by atoms with E-state index in [1.807, 2.05) is 36.4 Å². The molecule has 0 spiro atoms. The highest BCUT2D eigenvalue weighted by Crippen LogP contribution is 2.28. The van der Waals surface area contributed by atoms with Crippen molar-refractivity contribution in [3.63, 3.8) is 0 Å². The van der Waals surface area contributed by atoms with Crippen LogP contribution in [0.25, 0.3) is 11.5 Å². The highest BCUT2D eigenvalue weighted by molar-refractivity contribution is 5.77. The maximum Gasteiger partial charge on any atom is 0.490 e. The molecule has 5 rings (SSSR count). The summed E-state index contributed by atoms with van der Waals surface area (Å²) < 4.78 is 48.1. The van der Waals surface area contributed by atoms with E-state index in [0.29, 0.717) is 29.6 Å². The third-order valence-corrected chi connectivity index (χ3v) is 7.93. The molecular formula is C35H39F3N4O8. The Balaban J connectivity index is 0.000000727. The number of amides is 1. The number of nitrogens with zero attached hydrogens (tertiary/aromatic N) is 4. The number of rotatable bonds is 13. The number of hydrogen-bond acceptors (Lipinski definition) is 10. The summed E-state index contributed by atoms with van der Waals surface area (Å²) in [7, 11) is 1.61. The lowest BCUT2D eigenvalue weighted by atomic mass is 9.98. The van der Waals surface area contributed by atoms with Gasteiger partial charge in [-0.1, -0.05) is 29.4 Å². The van der Waals surface area contributed by atoms with Crippen molar-refractivity contribution in [2.24, 2.45) is 0 Å². The molecule has 1 aliphatic rings. The zero-order valence-corrected chi connectivity index (χ0v) is 27.5. The molecule has 1 fully saturated rings. The number of aromatic nitrogens is 2. The Morgan fingerprint density at radius 3 is 2.12 bits per heavy atom. The number of aliphatic hydroxyl groups excluding tert-OH is 1. The Hall–Kier alpha value is -5.15. The molecule has 1 aromatic heterocycles. The van der Waals surface area contributed by atoms with Crippen LogP contribution in [0.5, 0.6) is 17.2 Å². The second-order valence-corrected chi connectivity index (χ2v) is 11.6. The van der Waals surface area contributed by atoms with Crippen molar-refractivity contribution in [3.05, 3.63) is 89.7 Å². The van der Waals surface area contributed by atoms with Crippen LogP contribution < -0.4 is 9.47 Å². The Morgan fingerprint density at radius 1 is 0.980 bits per heavy atom. The molecule has 3 aromatic carbocycles. The molecular weight excluding hydrogens is 661 g/mol. The summed E-state index contributed by atoms with van der Waals surface area (Å²) in [5.74, 6) is -0.414. The van der Waals surface area contributed by atoms with Crippen LogP contribution in [0.2, 0.25) is 0 Å². The monoisotopic (exact) mass is 700 g/mol. The molecule has 3 N–H and O–H groups in total. The van der Waals surface area contributed by atoms with Gasteiger partial charge in [-0.15, -0.1) is 0 Å². The van der Waals surface area contributed by atoms with Crippen LogP contribution in [0.3, 0.4) is 0 Å². The number of aliphatic carboxylic acids is 1. The molecule has 0 radical (unpaired) electrons. The molecule has 15 heteroatoms. The van der Waals surface area contributed by atoms with Crippen LogP contribution in [0.15, 0.2) is 77.3 Å². The van der Waals surface area contributed by atoms with Gasteiger partial charge in [0.2, 0.25) is 5.91 Å². The maximum absolute atomic E-state index is 14.0.